The van der Waals surface area contributed by atoms with E-state index in [4.69, 9.17) is 5.26 Å². The van der Waals surface area contributed by atoms with Crippen molar-refractivity contribution in [2.45, 2.75) is 19.8 Å². The molecule has 0 bridgehead atoms. The number of nitrogens with zero attached hydrogens (tertiary/aromatic N) is 2. The molecule has 2 nitrogen and oxygen atoms in total. The summed E-state index contributed by atoms with van der Waals surface area (Å²) in [5, 5.41) is 8.46. The van der Waals surface area contributed by atoms with Gasteiger partial charge in [0, 0.05) is 11.3 Å². The highest BCUT2D eigenvalue weighted by molar-refractivity contribution is 9.10. The van der Waals surface area contributed by atoms with Gasteiger partial charge >= 0.3 is 0 Å². The van der Waals surface area contributed by atoms with Gasteiger partial charge in [-0.25, -0.2) is 13.8 Å². The van der Waals surface area contributed by atoms with Gasteiger partial charge < -0.3 is 0 Å². The molecule has 0 aromatic carbocycles. The molecular formula is C9H7BrF2N2. The minimum absolute atomic E-state index is 0.0770. The molecule has 0 aliphatic heterocycles. The number of halogens is 3. The number of alkyl halides is 2. The molecule has 0 saturated carbocycles. The molecule has 1 aromatic heterocycles. The van der Waals surface area contributed by atoms with Crippen LogP contribution in [0.2, 0.25) is 0 Å². The van der Waals surface area contributed by atoms with E-state index in [0.717, 1.165) is 0 Å². The third kappa shape index (κ3) is 2.26. The molecule has 1 heterocycles. The monoisotopic (exact) mass is 260 g/mol. The lowest BCUT2D eigenvalue weighted by Gasteiger charge is -2.07. The van der Waals surface area contributed by atoms with Crippen LogP contribution < -0.4 is 0 Å². The first-order valence-electron chi connectivity index (χ1n) is 3.87. The van der Waals surface area contributed by atoms with Crippen molar-refractivity contribution in [3.05, 3.63) is 27.5 Å². The molecule has 1 rings (SSSR count). The number of hydrogen-bond donors (Lipinski definition) is 0. The maximum Gasteiger partial charge on any atom is 0.265 e. The standard InChI is InChI=1S/C9H7BrF2N2/c1-5-7(9(11)12)4-6(2-3-13)8(10)14-5/h4,9H,2H2,1H3. The summed E-state index contributed by atoms with van der Waals surface area (Å²) in [5.74, 6) is 0. The van der Waals surface area contributed by atoms with Crippen molar-refractivity contribution < 1.29 is 8.78 Å². The Morgan fingerprint density at radius 3 is 2.79 bits per heavy atom. The average Bonchev–Trinajstić information content (AvgIpc) is 2.09. The molecule has 0 N–H and O–H groups in total. The SMILES string of the molecule is Cc1nc(Br)c(CC#N)cc1C(F)F. The van der Waals surface area contributed by atoms with Crippen LogP contribution in [0.15, 0.2) is 10.7 Å². The van der Waals surface area contributed by atoms with Crippen molar-refractivity contribution in [3.63, 3.8) is 0 Å². The highest BCUT2D eigenvalue weighted by atomic mass is 79.9. The lowest BCUT2D eigenvalue weighted by Crippen LogP contribution is -1.98. The number of pyridine rings is 1. The number of aromatic nitrogens is 1. The van der Waals surface area contributed by atoms with Crippen molar-refractivity contribution in [1.29, 1.82) is 5.26 Å². The first kappa shape index (κ1) is 11.1. The molecule has 0 amide bonds. The molecule has 14 heavy (non-hydrogen) atoms. The molecule has 0 spiro atoms. The molecule has 0 unspecified atom stereocenters. The van der Waals surface area contributed by atoms with Crippen LogP contribution in [-0.2, 0) is 6.42 Å². The summed E-state index contributed by atoms with van der Waals surface area (Å²) in [5.41, 5.74) is 0.667. The molecule has 0 aliphatic rings. The summed E-state index contributed by atoms with van der Waals surface area (Å²) in [7, 11) is 0. The van der Waals surface area contributed by atoms with Gasteiger partial charge in [-0.1, -0.05) is 0 Å². The van der Waals surface area contributed by atoms with Crippen LogP contribution in [-0.4, -0.2) is 4.98 Å². The van der Waals surface area contributed by atoms with Crippen LogP contribution in [0.3, 0.4) is 0 Å². The summed E-state index contributed by atoms with van der Waals surface area (Å²) in [6, 6.07) is 3.22. The Morgan fingerprint density at radius 2 is 2.29 bits per heavy atom. The van der Waals surface area contributed by atoms with Crippen molar-refractivity contribution in [1.82, 2.24) is 4.98 Å². The zero-order chi connectivity index (χ0) is 10.7. The fourth-order valence-electron chi connectivity index (χ4n) is 1.07. The molecule has 0 fully saturated rings. The molecule has 0 aliphatic carbocycles. The third-order valence-electron chi connectivity index (χ3n) is 1.78. The van der Waals surface area contributed by atoms with Gasteiger partial charge in [-0.15, -0.1) is 0 Å². The average molecular weight is 261 g/mol. The van der Waals surface area contributed by atoms with Crippen molar-refractivity contribution >= 4 is 15.9 Å². The van der Waals surface area contributed by atoms with Gasteiger partial charge in [-0.2, -0.15) is 5.26 Å². The van der Waals surface area contributed by atoms with Crippen LogP contribution in [0.4, 0.5) is 8.78 Å². The van der Waals surface area contributed by atoms with Crippen molar-refractivity contribution in [3.8, 4) is 6.07 Å². The van der Waals surface area contributed by atoms with E-state index in [1.54, 1.807) is 0 Å². The summed E-state index contributed by atoms with van der Waals surface area (Å²) in [4.78, 5) is 3.90. The van der Waals surface area contributed by atoms with Gasteiger partial charge in [0.2, 0.25) is 0 Å². The highest BCUT2D eigenvalue weighted by Crippen LogP contribution is 2.26. The molecular weight excluding hydrogens is 254 g/mol. The van der Waals surface area contributed by atoms with Crippen LogP contribution in [0, 0.1) is 18.3 Å². The quantitative estimate of drug-likeness (QED) is 0.766. The minimum Gasteiger partial charge on any atom is -0.245 e. The molecule has 0 radical (unpaired) electrons. The maximum absolute atomic E-state index is 12.4. The van der Waals surface area contributed by atoms with E-state index in [0.29, 0.717) is 10.2 Å². The van der Waals surface area contributed by atoms with Crippen LogP contribution >= 0.6 is 15.9 Å². The first-order chi connectivity index (χ1) is 6.56. The van der Waals surface area contributed by atoms with E-state index < -0.39 is 6.43 Å². The Morgan fingerprint density at radius 1 is 1.64 bits per heavy atom. The largest absolute Gasteiger partial charge is 0.265 e. The maximum atomic E-state index is 12.4. The molecule has 1 aromatic rings. The van der Waals surface area contributed by atoms with E-state index >= 15 is 0 Å². The second-order valence-corrected chi connectivity index (χ2v) is 3.50. The lowest BCUT2D eigenvalue weighted by molar-refractivity contribution is 0.150. The van der Waals surface area contributed by atoms with Gasteiger partial charge in [-0.05, 0) is 34.5 Å². The Kier molecular flexibility index (Phi) is 3.53. The van der Waals surface area contributed by atoms with Gasteiger partial charge in [-0.3, -0.25) is 0 Å². The number of hydrogen-bond acceptors (Lipinski definition) is 2. The topological polar surface area (TPSA) is 36.7 Å². The van der Waals surface area contributed by atoms with Gasteiger partial charge in [0.15, 0.2) is 0 Å². The van der Waals surface area contributed by atoms with E-state index in [2.05, 4.69) is 20.9 Å². The Labute approximate surface area is 88.7 Å². The minimum atomic E-state index is -2.55. The fraction of sp³-hybridized carbons (Fsp3) is 0.333. The lowest BCUT2D eigenvalue weighted by atomic mass is 10.1. The molecule has 74 valence electrons. The number of rotatable bonds is 2. The van der Waals surface area contributed by atoms with Crippen LogP contribution in [0.25, 0.3) is 0 Å². The number of nitriles is 1. The molecule has 0 atom stereocenters. The Balaban J connectivity index is 3.21. The van der Waals surface area contributed by atoms with Gasteiger partial charge in [0.25, 0.3) is 6.43 Å². The Hall–Kier alpha value is -1.02. The van der Waals surface area contributed by atoms with E-state index in [1.165, 1.54) is 13.0 Å². The predicted octanol–water partition coefficient (Wildman–Crippen LogP) is 3.16. The van der Waals surface area contributed by atoms with Crippen LogP contribution in [0.5, 0.6) is 0 Å². The first-order valence-corrected chi connectivity index (χ1v) is 4.66. The van der Waals surface area contributed by atoms with E-state index in [-0.39, 0.29) is 17.7 Å². The number of aryl methyl sites for hydroxylation is 1. The van der Waals surface area contributed by atoms with Crippen molar-refractivity contribution in [2.75, 3.05) is 0 Å². The summed E-state index contributed by atoms with van der Waals surface area (Å²) in [6.45, 7) is 1.52. The molecule has 5 heteroatoms. The van der Waals surface area contributed by atoms with E-state index in [9.17, 15) is 8.78 Å². The van der Waals surface area contributed by atoms with Gasteiger partial charge in [0.05, 0.1) is 12.5 Å². The summed E-state index contributed by atoms with van der Waals surface area (Å²) < 4.78 is 25.3. The van der Waals surface area contributed by atoms with Crippen molar-refractivity contribution in [2.24, 2.45) is 0 Å². The van der Waals surface area contributed by atoms with E-state index in [1.807, 2.05) is 6.07 Å². The normalized spacial score (nSPS) is 10.3. The van der Waals surface area contributed by atoms with Crippen LogP contribution in [0.1, 0.15) is 23.2 Å². The zero-order valence-electron chi connectivity index (χ0n) is 7.39. The third-order valence-corrected chi connectivity index (χ3v) is 2.47. The van der Waals surface area contributed by atoms with Gasteiger partial charge in [0.1, 0.15) is 4.60 Å². The summed E-state index contributed by atoms with van der Waals surface area (Å²) >= 11 is 3.12. The predicted molar refractivity (Wildman–Crippen MR) is 50.9 cm³/mol. The second kappa shape index (κ2) is 4.47. The molecule has 0 saturated heterocycles. The highest BCUT2D eigenvalue weighted by Gasteiger charge is 2.14. The fourth-order valence-corrected chi connectivity index (χ4v) is 1.59. The second-order valence-electron chi connectivity index (χ2n) is 2.75. The Bertz CT molecular complexity index is 385. The zero-order valence-corrected chi connectivity index (χ0v) is 8.98. The summed E-state index contributed by atoms with van der Waals surface area (Å²) in [6.07, 6.45) is -2.47. The smallest absolute Gasteiger partial charge is 0.245 e.